The molecule has 0 bridgehead atoms. The van der Waals surface area contributed by atoms with Gasteiger partial charge in [0.15, 0.2) is 5.13 Å². The molecule has 2 rings (SSSR count). The summed E-state index contributed by atoms with van der Waals surface area (Å²) in [4.78, 5) is 16.1. The third kappa shape index (κ3) is 3.78. The van der Waals surface area contributed by atoms with Gasteiger partial charge in [0.25, 0.3) is 0 Å². The number of anilines is 1. The number of aromatic nitrogens is 1. The lowest BCUT2D eigenvalue weighted by Crippen LogP contribution is -2.30. The SMILES string of the molecule is CCNC(C)CC(=O)Nc1nc(C2CC2)cs1. The first-order chi connectivity index (χ1) is 8.19. The second-order valence-electron chi connectivity index (χ2n) is 4.56. The van der Waals surface area contributed by atoms with E-state index in [9.17, 15) is 4.79 Å². The van der Waals surface area contributed by atoms with Gasteiger partial charge < -0.3 is 10.6 Å². The molecule has 1 atom stereocenters. The minimum Gasteiger partial charge on any atom is -0.314 e. The van der Waals surface area contributed by atoms with Crippen molar-refractivity contribution < 1.29 is 4.79 Å². The standard InChI is InChI=1S/C12H19N3OS/c1-3-13-8(2)6-11(16)15-12-14-10(7-17-12)9-4-5-9/h7-9,13H,3-6H2,1-2H3,(H,14,15,16). The number of hydrogen-bond acceptors (Lipinski definition) is 4. The summed E-state index contributed by atoms with van der Waals surface area (Å²) in [6.45, 7) is 4.94. The molecular weight excluding hydrogens is 234 g/mol. The van der Waals surface area contributed by atoms with Gasteiger partial charge in [-0.05, 0) is 26.3 Å². The predicted octanol–water partition coefficient (Wildman–Crippen LogP) is 2.35. The fraction of sp³-hybridized carbons (Fsp3) is 0.667. The Balaban J connectivity index is 1.80. The van der Waals surface area contributed by atoms with Gasteiger partial charge in [-0.2, -0.15) is 0 Å². The summed E-state index contributed by atoms with van der Waals surface area (Å²) in [5.41, 5.74) is 1.14. The molecule has 2 N–H and O–H groups in total. The topological polar surface area (TPSA) is 54.0 Å². The maximum Gasteiger partial charge on any atom is 0.227 e. The van der Waals surface area contributed by atoms with E-state index in [1.807, 2.05) is 13.8 Å². The van der Waals surface area contributed by atoms with Crippen LogP contribution in [0, 0.1) is 0 Å². The zero-order chi connectivity index (χ0) is 12.3. The molecule has 1 unspecified atom stereocenters. The molecule has 1 heterocycles. The van der Waals surface area contributed by atoms with Crippen molar-refractivity contribution in [2.75, 3.05) is 11.9 Å². The average Bonchev–Trinajstić information content (AvgIpc) is 3.01. The molecule has 17 heavy (non-hydrogen) atoms. The molecular formula is C12H19N3OS. The van der Waals surface area contributed by atoms with Crippen LogP contribution >= 0.6 is 11.3 Å². The van der Waals surface area contributed by atoms with Crippen LogP contribution in [0.25, 0.3) is 0 Å². The van der Waals surface area contributed by atoms with E-state index in [1.54, 1.807) is 0 Å². The summed E-state index contributed by atoms with van der Waals surface area (Å²) >= 11 is 1.52. The normalized spacial score (nSPS) is 16.8. The first-order valence-electron chi connectivity index (χ1n) is 6.17. The maximum atomic E-state index is 11.7. The summed E-state index contributed by atoms with van der Waals surface area (Å²) in [7, 11) is 0. The van der Waals surface area contributed by atoms with Crippen molar-refractivity contribution in [1.29, 1.82) is 0 Å². The molecule has 0 aliphatic heterocycles. The number of nitrogens with zero attached hydrogens (tertiary/aromatic N) is 1. The Morgan fingerprint density at radius 3 is 3.06 bits per heavy atom. The highest BCUT2D eigenvalue weighted by Gasteiger charge is 2.26. The van der Waals surface area contributed by atoms with Gasteiger partial charge in [-0.3, -0.25) is 4.79 Å². The van der Waals surface area contributed by atoms with Crippen molar-refractivity contribution in [1.82, 2.24) is 10.3 Å². The van der Waals surface area contributed by atoms with E-state index in [0.717, 1.165) is 17.4 Å². The van der Waals surface area contributed by atoms with Gasteiger partial charge in [-0.15, -0.1) is 11.3 Å². The second kappa shape index (κ2) is 5.60. The average molecular weight is 253 g/mol. The minimum atomic E-state index is 0.0372. The number of hydrogen-bond donors (Lipinski definition) is 2. The van der Waals surface area contributed by atoms with E-state index in [0.29, 0.717) is 12.3 Å². The summed E-state index contributed by atoms with van der Waals surface area (Å²) in [6, 6.07) is 0.211. The summed E-state index contributed by atoms with van der Waals surface area (Å²) in [6.07, 6.45) is 2.98. The first kappa shape index (κ1) is 12.5. The summed E-state index contributed by atoms with van der Waals surface area (Å²) in [5.74, 6) is 0.688. The Morgan fingerprint density at radius 2 is 2.41 bits per heavy atom. The lowest BCUT2D eigenvalue weighted by Gasteiger charge is -2.10. The molecule has 1 saturated carbocycles. The lowest BCUT2D eigenvalue weighted by molar-refractivity contribution is -0.116. The number of amides is 1. The van der Waals surface area contributed by atoms with Crippen LogP contribution in [-0.4, -0.2) is 23.5 Å². The van der Waals surface area contributed by atoms with E-state index in [1.165, 1.54) is 24.2 Å². The molecule has 94 valence electrons. The second-order valence-corrected chi connectivity index (χ2v) is 5.42. The summed E-state index contributed by atoms with van der Waals surface area (Å²) in [5, 5.41) is 8.87. The molecule has 0 saturated heterocycles. The molecule has 1 aromatic rings. The van der Waals surface area contributed by atoms with Gasteiger partial charge in [-0.25, -0.2) is 4.98 Å². The highest BCUT2D eigenvalue weighted by molar-refractivity contribution is 7.13. The number of carbonyl (C=O) groups excluding carboxylic acids is 1. The Labute approximate surface area is 106 Å². The van der Waals surface area contributed by atoms with Crippen LogP contribution < -0.4 is 10.6 Å². The van der Waals surface area contributed by atoms with Gasteiger partial charge in [0, 0.05) is 23.8 Å². The largest absolute Gasteiger partial charge is 0.314 e. The summed E-state index contributed by atoms with van der Waals surface area (Å²) < 4.78 is 0. The van der Waals surface area contributed by atoms with Gasteiger partial charge in [-0.1, -0.05) is 6.92 Å². The van der Waals surface area contributed by atoms with E-state index in [-0.39, 0.29) is 11.9 Å². The molecule has 0 spiro atoms. The van der Waals surface area contributed by atoms with Crippen molar-refractivity contribution in [2.45, 2.75) is 45.1 Å². The zero-order valence-electron chi connectivity index (χ0n) is 10.3. The maximum absolute atomic E-state index is 11.7. The molecule has 1 aromatic heterocycles. The zero-order valence-corrected chi connectivity index (χ0v) is 11.1. The fourth-order valence-electron chi connectivity index (χ4n) is 1.78. The van der Waals surface area contributed by atoms with Crippen LogP contribution in [0.15, 0.2) is 5.38 Å². The molecule has 5 heteroatoms. The van der Waals surface area contributed by atoms with Crippen LogP contribution in [0.4, 0.5) is 5.13 Å². The lowest BCUT2D eigenvalue weighted by atomic mass is 10.2. The van der Waals surface area contributed by atoms with Crippen LogP contribution in [-0.2, 0) is 4.79 Å². The Morgan fingerprint density at radius 1 is 1.65 bits per heavy atom. The molecule has 1 fully saturated rings. The molecule has 1 amide bonds. The molecule has 0 radical (unpaired) electrons. The van der Waals surface area contributed by atoms with Crippen molar-refractivity contribution in [3.8, 4) is 0 Å². The van der Waals surface area contributed by atoms with Crippen LogP contribution in [0.1, 0.15) is 44.7 Å². The quantitative estimate of drug-likeness (QED) is 0.818. The molecule has 1 aliphatic rings. The van der Waals surface area contributed by atoms with Crippen LogP contribution in [0.3, 0.4) is 0 Å². The van der Waals surface area contributed by atoms with Crippen LogP contribution in [0.5, 0.6) is 0 Å². The van der Waals surface area contributed by atoms with Crippen molar-refractivity contribution in [3.63, 3.8) is 0 Å². The Kier molecular flexibility index (Phi) is 4.12. The van der Waals surface area contributed by atoms with E-state index in [2.05, 4.69) is 21.0 Å². The van der Waals surface area contributed by atoms with E-state index < -0.39 is 0 Å². The minimum absolute atomic E-state index is 0.0372. The molecule has 1 aliphatic carbocycles. The van der Waals surface area contributed by atoms with Crippen molar-refractivity contribution in [2.24, 2.45) is 0 Å². The molecule has 0 aromatic carbocycles. The van der Waals surface area contributed by atoms with Crippen LogP contribution in [0.2, 0.25) is 0 Å². The van der Waals surface area contributed by atoms with Gasteiger partial charge in [0.05, 0.1) is 5.69 Å². The van der Waals surface area contributed by atoms with Crippen molar-refractivity contribution >= 4 is 22.4 Å². The van der Waals surface area contributed by atoms with E-state index in [4.69, 9.17) is 0 Å². The number of nitrogens with one attached hydrogen (secondary N) is 2. The number of thiazole rings is 1. The molecule has 4 nitrogen and oxygen atoms in total. The fourth-order valence-corrected chi connectivity index (χ4v) is 2.59. The highest BCUT2D eigenvalue weighted by Crippen LogP contribution is 2.40. The monoisotopic (exact) mass is 253 g/mol. The van der Waals surface area contributed by atoms with Gasteiger partial charge >= 0.3 is 0 Å². The third-order valence-electron chi connectivity index (χ3n) is 2.81. The third-order valence-corrected chi connectivity index (χ3v) is 3.58. The Bertz CT molecular complexity index is 387. The number of rotatable bonds is 6. The van der Waals surface area contributed by atoms with Gasteiger partial charge in [0.1, 0.15) is 0 Å². The predicted molar refractivity (Wildman–Crippen MR) is 70.5 cm³/mol. The smallest absolute Gasteiger partial charge is 0.227 e. The highest BCUT2D eigenvalue weighted by atomic mass is 32.1. The Hall–Kier alpha value is -0.940. The first-order valence-corrected chi connectivity index (χ1v) is 7.05. The van der Waals surface area contributed by atoms with Gasteiger partial charge in [0.2, 0.25) is 5.91 Å². The van der Waals surface area contributed by atoms with Crippen molar-refractivity contribution in [3.05, 3.63) is 11.1 Å². The number of carbonyl (C=O) groups is 1. The van der Waals surface area contributed by atoms with E-state index >= 15 is 0 Å².